The van der Waals surface area contributed by atoms with Crippen molar-refractivity contribution < 1.29 is 14.6 Å². The molecule has 0 spiro atoms. The zero-order valence-corrected chi connectivity index (χ0v) is 17.2. The van der Waals surface area contributed by atoms with Crippen LogP contribution in [0.3, 0.4) is 0 Å². The van der Waals surface area contributed by atoms with Crippen LogP contribution in [0.25, 0.3) is 0 Å². The molecule has 1 unspecified atom stereocenters. The van der Waals surface area contributed by atoms with Gasteiger partial charge in [0.25, 0.3) is 0 Å². The average molecular weight is 418 g/mol. The molecule has 128 valence electrons. The molecule has 4 nitrogen and oxygen atoms in total. The molecule has 1 saturated heterocycles. The van der Waals surface area contributed by atoms with Crippen molar-refractivity contribution >= 4 is 41.9 Å². The van der Waals surface area contributed by atoms with Crippen LogP contribution in [-0.2, 0) is 16.1 Å². The molecule has 1 amide bonds. The molecule has 7 heteroatoms. The molecule has 1 aromatic carbocycles. The van der Waals surface area contributed by atoms with E-state index in [-0.39, 0.29) is 17.8 Å². The molecule has 0 saturated carbocycles. The first kappa shape index (κ1) is 19.0. The lowest BCUT2D eigenvalue weighted by atomic mass is 10.1. The number of amides is 1. The highest BCUT2D eigenvalue weighted by Crippen LogP contribution is 2.44. The summed E-state index contributed by atoms with van der Waals surface area (Å²) in [6.45, 7) is 8.05. The maximum absolute atomic E-state index is 12.2. The minimum Gasteiger partial charge on any atom is -0.392 e. The van der Waals surface area contributed by atoms with E-state index in [1.807, 2.05) is 18.2 Å². The van der Waals surface area contributed by atoms with Crippen molar-refractivity contribution in [2.24, 2.45) is 0 Å². The third-order valence-corrected chi connectivity index (χ3v) is 7.32. The van der Waals surface area contributed by atoms with Gasteiger partial charge in [-0.3, -0.25) is 9.10 Å². The molecular formula is C16H24BrNO3SSi. The third kappa shape index (κ3) is 5.60. The Hall–Kier alpha value is -0.343. The molecule has 2 rings (SSSR count). The van der Waals surface area contributed by atoms with E-state index in [0.29, 0.717) is 13.2 Å². The summed E-state index contributed by atoms with van der Waals surface area (Å²) in [4.78, 5) is 12.2. The quantitative estimate of drug-likeness (QED) is 0.410. The van der Waals surface area contributed by atoms with Crippen molar-refractivity contribution in [3.63, 3.8) is 0 Å². The van der Waals surface area contributed by atoms with Crippen molar-refractivity contribution in [2.75, 3.05) is 13.3 Å². The first-order valence-electron chi connectivity index (χ1n) is 7.74. The maximum Gasteiger partial charge on any atom is 0.235 e. The van der Waals surface area contributed by atoms with Gasteiger partial charge in [-0.1, -0.05) is 47.7 Å². The summed E-state index contributed by atoms with van der Waals surface area (Å²) in [7, 11) is -1.10. The molecule has 0 radical (unpaired) electrons. The Kier molecular flexibility index (Phi) is 6.73. The van der Waals surface area contributed by atoms with Gasteiger partial charge in [0.15, 0.2) is 0 Å². The van der Waals surface area contributed by atoms with Crippen LogP contribution < -0.4 is 0 Å². The summed E-state index contributed by atoms with van der Waals surface area (Å²) in [6, 6.07) is 6.90. The fourth-order valence-corrected chi connectivity index (χ4v) is 5.02. The Bertz CT molecular complexity index is 565. The van der Waals surface area contributed by atoms with E-state index >= 15 is 0 Å². The number of carbonyl (C=O) groups is 1. The number of benzene rings is 1. The smallest absolute Gasteiger partial charge is 0.235 e. The number of hydrogen-bond donors (Lipinski definition) is 1. The van der Waals surface area contributed by atoms with Crippen LogP contribution in [0.5, 0.6) is 0 Å². The van der Waals surface area contributed by atoms with Crippen LogP contribution in [0.4, 0.5) is 0 Å². The summed E-state index contributed by atoms with van der Waals surface area (Å²) in [5, 5.41) is 9.28. The molecule has 0 bridgehead atoms. The fourth-order valence-electron chi connectivity index (χ4n) is 2.24. The first-order chi connectivity index (χ1) is 10.8. The molecule has 1 aromatic rings. The Morgan fingerprint density at radius 2 is 2.17 bits per heavy atom. The van der Waals surface area contributed by atoms with E-state index in [4.69, 9.17) is 4.74 Å². The topological polar surface area (TPSA) is 49.8 Å². The van der Waals surface area contributed by atoms with E-state index in [9.17, 15) is 9.90 Å². The van der Waals surface area contributed by atoms with Crippen molar-refractivity contribution in [1.82, 2.24) is 4.31 Å². The van der Waals surface area contributed by atoms with Crippen LogP contribution in [0.2, 0.25) is 25.7 Å². The normalized spacial score (nSPS) is 18.7. The summed E-state index contributed by atoms with van der Waals surface area (Å²) < 4.78 is 8.35. The zero-order valence-electron chi connectivity index (χ0n) is 13.8. The van der Waals surface area contributed by atoms with Crippen LogP contribution in [0.15, 0.2) is 22.7 Å². The summed E-state index contributed by atoms with van der Waals surface area (Å²) in [5.41, 5.74) is 1.95. The maximum atomic E-state index is 12.2. The Morgan fingerprint density at radius 3 is 2.78 bits per heavy atom. The van der Waals surface area contributed by atoms with Crippen LogP contribution in [0.1, 0.15) is 22.8 Å². The fraction of sp³-hybridized carbons (Fsp3) is 0.562. The Morgan fingerprint density at radius 1 is 1.43 bits per heavy atom. The van der Waals surface area contributed by atoms with Gasteiger partial charge in [0.05, 0.1) is 11.9 Å². The van der Waals surface area contributed by atoms with E-state index in [2.05, 4.69) is 35.6 Å². The largest absolute Gasteiger partial charge is 0.392 e. The van der Waals surface area contributed by atoms with E-state index < -0.39 is 8.07 Å². The number of aliphatic hydroxyl groups is 1. The number of aliphatic hydroxyl groups excluding tert-OH is 1. The second kappa shape index (κ2) is 8.16. The molecule has 0 aromatic heterocycles. The highest BCUT2D eigenvalue weighted by molar-refractivity contribution is 9.10. The molecule has 1 aliphatic heterocycles. The number of halogens is 1. The molecule has 1 heterocycles. The second-order valence-electron chi connectivity index (χ2n) is 6.93. The highest BCUT2D eigenvalue weighted by Gasteiger charge is 2.33. The summed E-state index contributed by atoms with van der Waals surface area (Å²) in [5.74, 6) is 0.117. The lowest BCUT2D eigenvalue weighted by Crippen LogP contribution is -2.25. The van der Waals surface area contributed by atoms with Gasteiger partial charge in [0.2, 0.25) is 5.91 Å². The van der Waals surface area contributed by atoms with Crippen molar-refractivity contribution in [2.45, 2.75) is 44.0 Å². The number of carbonyl (C=O) groups excluding carboxylic acids is 1. The summed E-state index contributed by atoms with van der Waals surface area (Å²) >= 11 is 5.08. The third-order valence-electron chi connectivity index (χ3n) is 3.69. The van der Waals surface area contributed by atoms with E-state index in [0.717, 1.165) is 28.3 Å². The Labute approximate surface area is 151 Å². The van der Waals surface area contributed by atoms with Crippen LogP contribution in [-0.4, -0.2) is 36.7 Å². The van der Waals surface area contributed by atoms with E-state index in [1.165, 1.54) is 11.9 Å². The minimum atomic E-state index is -1.10. The van der Waals surface area contributed by atoms with Crippen molar-refractivity contribution in [3.05, 3.63) is 33.8 Å². The van der Waals surface area contributed by atoms with Crippen LogP contribution in [0, 0.1) is 0 Å². The van der Waals surface area contributed by atoms with Gasteiger partial charge in [0, 0.05) is 25.6 Å². The van der Waals surface area contributed by atoms with Crippen molar-refractivity contribution in [3.8, 4) is 0 Å². The minimum absolute atomic E-state index is 0.0205. The lowest BCUT2D eigenvalue weighted by Gasteiger charge is -2.19. The number of nitrogens with zero attached hydrogens (tertiary/aromatic N) is 1. The number of rotatable bonds is 7. The molecule has 1 N–H and O–H groups in total. The van der Waals surface area contributed by atoms with Gasteiger partial charge in [0.1, 0.15) is 6.73 Å². The monoisotopic (exact) mass is 417 g/mol. The van der Waals surface area contributed by atoms with Gasteiger partial charge in [-0.25, -0.2) is 0 Å². The van der Waals surface area contributed by atoms with Gasteiger partial charge < -0.3 is 9.84 Å². The average Bonchev–Trinajstić information content (AvgIpc) is 2.83. The first-order valence-corrected chi connectivity index (χ1v) is 13.1. The van der Waals surface area contributed by atoms with Gasteiger partial charge >= 0.3 is 0 Å². The second-order valence-corrected chi connectivity index (χ2v) is 14.6. The van der Waals surface area contributed by atoms with Crippen LogP contribution >= 0.6 is 27.9 Å². The van der Waals surface area contributed by atoms with Crippen molar-refractivity contribution in [1.29, 1.82) is 0 Å². The van der Waals surface area contributed by atoms with Gasteiger partial charge in [-0.15, -0.1) is 0 Å². The van der Waals surface area contributed by atoms with E-state index in [1.54, 1.807) is 4.31 Å². The molecule has 1 aliphatic rings. The SMILES string of the molecule is C[Si](C)(C)CCOCN1SC(c2ccc(CO)cc2Br)CC1=O. The molecule has 1 fully saturated rings. The predicted molar refractivity (Wildman–Crippen MR) is 101 cm³/mol. The number of hydrogen-bond acceptors (Lipinski definition) is 4. The predicted octanol–water partition coefficient (Wildman–Crippen LogP) is 4.18. The highest BCUT2D eigenvalue weighted by atomic mass is 79.9. The molecule has 1 atom stereocenters. The standard InChI is InChI=1S/C16H24BrNO3SSi/c1-23(2,3)7-6-21-11-18-16(20)9-15(22-18)13-5-4-12(10-19)8-14(13)17/h4-5,8,15,19H,6-7,9-11H2,1-3H3. The zero-order chi connectivity index (χ0) is 17.0. The molecular weight excluding hydrogens is 394 g/mol. The van der Waals surface area contributed by atoms with Gasteiger partial charge in [-0.05, 0) is 35.2 Å². The number of ether oxygens (including phenoxy) is 1. The molecule has 23 heavy (non-hydrogen) atoms. The molecule has 0 aliphatic carbocycles. The Balaban J connectivity index is 1.89. The summed E-state index contributed by atoms with van der Waals surface area (Å²) in [6.07, 6.45) is 0.485. The lowest BCUT2D eigenvalue weighted by molar-refractivity contribution is -0.128. The van der Waals surface area contributed by atoms with Gasteiger partial charge in [-0.2, -0.15) is 0 Å².